The van der Waals surface area contributed by atoms with E-state index >= 15 is 0 Å². The molecule has 5 heteroatoms. The molecular formula is C8H7ClN4. The van der Waals surface area contributed by atoms with Gasteiger partial charge in [0.1, 0.15) is 0 Å². The fraction of sp³-hybridized carbons (Fsp3) is 0.125. The van der Waals surface area contributed by atoms with E-state index in [0.29, 0.717) is 11.7 Å². The lowest BCUT2D eigenvalue weighted by Gasteiger charge is -1.96. The van der Waals surface area contributed by atoms with Crippen LogP contribution in [-0.4, -0.2) is 20.6 Å². The van der Waals surface area contributed by atoms with Gasteiger partial charge < -0.3 is 0 Å². The molecule has 1 N–H and O–H groups in total. The number of nitrogens with zero attached hydrogens (tertiary/aromatic N) is 3. The van der Waals surface area contributed by atoms with Gasteiger partial charge in [0, 0.05) is 11.4 Å². The molecule has 2 rings (SSSR count). The maximum Gasteiger partial charge on any atom is 0.204 e. The van der Waals surface area contributed by atoms with Crippen LogP contribution in [0.25, 0.3) is 11.4 Å². The molecule has 0 unspecified atom stereocenters. The van der Waals surface area contributed by atoms with Crippen molar-refractivity contribution in [1.29, 1.82) is 0 Å². The summed E-state index contributed by atoms with van der Waals surface area (Å²) in [5.41, 5.74) is 1.97. The van der Waals surface area contributed by atoms with Crippen LogP contribution < -0.4 is 0 Å². The predicted octanol–water partition coefficient (Wildman–Crippen LogP) is 1.61. The summed E-state index contributed by atoms with van der Waals surface area (Å²) in [6.45, 7) is 0. The van der Waals surface area contributed by atoms with Crippen molar-refractivity contribution in [3.05, 3.63) is 29.8 Å². The Labute approximate surface area is 79.9 Å². The second-order valence-corrected chi connectivity index (χ2v) is 2.84. The molecule has 0 spiro atoms. The summed E-state index contributed by atoms with van der Waals surface area (Å²) < 4.78 is 0. The smallest absolute Gasteiger partial charge is 0.177 e. The van der Waals surface area contributed by atoms with Crippen molar-refractivity contribution < 1.29 is 0 Å². The van der Waals surface area contributed by atoms with Crippen LogP contribution in [0, 0.1) is 0 Å². The molecule has 13 heavy (non-hydrogen) atoms. The molecule has 0 amide bonds. The van der Waals surface area contributed by atoms with Crippen molar-refractivity contribution in [2.45, 2.75) is 5.88 Å². The summed E-state index contributed by atoms with van der Waals surface area (Å²) in [4.78, 5) is 0. The average molecular weight is 195 g/mol. The third-order valence-corrected chi connectivity index (χ3v) is 1.99. The molecule has 0 aliphatic heterocycles. The van der Waals surface area contributed by atoms with Crippen LogP contribution in [0.1, 0.15) is 5.56 Å². The highest BCUT2D eigenvalue weighted by Crippen LogP contribution is 2.15. The Kier molecular flexibility index (Phi) is 2.23. The van der Waals surface area contributed by atoms with Crippen molar-refractivity contribution in [1.82, 2.24) is 20.6 Å². The molecule has 0 saturated carbocycles. The molecule has 0 aliphatic carbocycles. The largest absolute Gasteiger partial charge is 0.204 e. The standard InChI is InChI=1S/C8H7ClN4/c9-5-6-2-1-3-7(4-6)8-10-12-13-11-8/h1-4H,5H2,(H,10,11,12,13). The lowest BCUT2D eigenvalue weighted by atomic mass is 10.1. The van der Waals surface area contributed by atoms with Crippen LogP contribution in [-0.2, 0) is 5.88 Å². The molecule has 2 aromatic rings. The first-order valence-corrected chi connectivity index (χ1v) is 4.32. The second kappa shape index (κ2) is 3.53. The van der Waals surface area contributed by atoms with E-state index in [9.17, 15) is 0 Å². The molecule has 1 aromatic heterocycles. The summed E-state index contributed by atoms with van der Waals surface area (Å²) in [5.74, 6) is 1.08. The monoisotopic (exact) mass is 194 g/mol. The van der Waals surface area contributed by atoms with Crippen molar-refractivity contribution >= 4 is 11.6 Å². The molecule has 4 nitrogen and oxygen atoms in total. The van der Waals surface area contributed by atoms with E-state index in [1.165, 1.54) is 0 Å². The minimum atomic E-state index is 0.492. The van der Waals surface area contributed by atoms with E-state index in [2.05, 4.69) is 20.6 Å². The third kappa shape index (κ3) is 1.67. The molecule has 0 saturated heterocycles. The zero-order valence-corrected chi connectivity index (χ0v) is 7.49. The highest BCUT2D eigenvalue weighted by Gasteiger charge is 2.02. The number of hydrogen-bond donors (Lipinski definition) is 1. The molecule has 0 atom stereocenters. The van der Waals surface area contributed by atoms with Gasteiger partial charge in [0.05, 0.1) is 0 Å². The Morgan fingerprint density at radius 3 is 3.00 bits per heavy atom. The molecular weight excluding hydrogens is 188 g/mol. The van der Waals surface area contributed by atoms with Gasteiger partial charge in [-0.3, -0.25) is 0 Å². The van der Waals surface area contributed by atoms with Crippen LogP contribution >= 0.6 is 11.6 Å². The zero-order chi connectivity index (χ0) is 9.10. The quantitative estimate of drug-likeness (QED) is 0.739. The van der Waals surface area contributed by atoms with E-state index in [4.69, 9.17) is 11.6 Å². The van der Waals surface area contributed by atoms with Crippen LogP contribution in [0.15, 0.2) is 24.3 Å². The number of rotatable bonds is 2. The molecule has 0 fully saturated rings. The fourth-order valence-corrected chi connectivity index (χ4v) is 1.24. The van der Waals surface area contributed by atoms with E-state index in [0.717, 1.165) is 11.1 Å². The number of halogens is 1. The minimum absolute atomic E-state index is 0.492. The van der Waals surface area contributed by atoms with Gasteiger partial charge in [-0.2, -0.15) is 5.21 Å². The van der Waals surface area contributed by atoms with Crippen LogP contribution in [0.3, 0.4) is 0 Å². The molecule has 66 valence electrons. The number of aromatic amines is 1. The number of H-pyrrole nitrogens is 1. The van der Waals surface area contributed by atoms with Crippen molar-refractivity contribution in [2.75, 3.05) is 0 Å². The number of nitrogens with one attached hydrogen (secondary N) is 1. The van der Waals surface area contributed by atoms with Crippen molar-refractivity contribution in [3.8, 4) is 11.4 Å². The van der Waals surface area contributed by atoms with Gasteiger partial charge in [0.15, 0.2) is 0 Å². The van der Waals surface area contributed by atoms with Crippen LogP contribution in [0.2, 0.25) is 0 Å². The molecule has 0 bridgehead atoms. The van der Waals surface area contributed by atoms with Gasteiger partial charge in [-0.15, -0.1) is 21.8 Å². The lowest BCUT2D eigenvalue weighted by Crippen LogP contribution is -1.83. The predicted molar refractivity (Wildman–Crippen MR) is 49.2 cm³/mol. The van der Waals surface area contributed by atoms with E-state index in [-0.39, 0.29) is 0 Å². The summed E-state index contributed by atoms with van der Waals surface area (Å²) in [5, 5.41) is 13.6. The topological polar surface area (TPSA) is 54.5 Å². The molecule has 1 heterocycles. The summed E-state index contributed by atoms with van der Waals surface area (Å²) in [6, 6.07) is 7.73. The number of aromatic nitrogens is 4. The Hall–Kier alpha value is -1.42. The van der Waals surface area contributed by atoms with Gasteiger partial charge in [0.2, 0.25) is 5.82 Å². The number of alkyl halides is 1. The Morgan fingerprint density at radius 2 is 2.31 bits per heavy atom. The number of benzene rings is 1. The molecule has 0 radical (unpaired) electrons. The first-order valence-electron chi connectivity index (χ1n) is 3.79. The minimum Gasteiger partial charge on any atom is -0.177 e. The van der Waals surface area contributed by atoms with Gasteiger partial charge >= 0.3 is 0 Å². The third-order valence-electron chi connectivity index (χ3n) is 1.68. The molecule has 0 aliphatic rings. The van der Waals surface area contributed by atoms with Gasteiger partial charge in [-0.25, -0.2) is 0 Å². The average Bonchev–Trinajstić information content (AvgIpc) is 2.71. The number of tetrazole rings is 1. The van der Waals surface area contributed by atoms with Gasteiger partial charge in [0.25, 0.3) is 0 Å². The summed E-state index contributed by atoms with van der Waals surface area (Å²) >= 11 is 5.70. The first kappa shape index (κ1) is 8.19. The zero-order valence-electron chi connectivity index (χ0n) is 6.74. The maximum absolute atomic E-state index is 5.70. The van der Waals surface area contributed by atoms with Gasteiger partial charge in [-0.05, 0) is 16.8 Å². The summed E-state index contributed by atoms with van der Waals surface area (Å²) in [7, 11) is 0. The first-order chi connectivity index (χ1) is 6.40. The van der Waals surface area contributed by atoms with Crippen molar-refractivity contribution in [3.63, 3.8) is 0 Å². The van der Waals surface area contributed by atoms with Crippen LogP contribution in [0.5, 0.6) is 0 Å². The van der Waals surface area contributed by atoms with E-state index < -0.39 is 0 Å². The second-order valence-electron chi connectivity index (χ2n) is 2.57. The maximum atomic E-state index is 5.70. The van der Waals surface area contributed by atoms with Crippen LogP contribution in [0.4, 0.5) is 0 Å². The normalized spacial score (nSPS) is 10.2. The number of hydrogen-bond acceptors (Lipinski definition) is 3. The Balaban J connectivity index is 2.41. The van der Waals surface area contributed by atoms with E-state index in [1.54, 1.807) is 0 Å². The van der Waals surface area contributed by atoms with Crippen molar-refractivity contribution in [2.24, 2.45) is 0 Å². The summed E-state index contributed by atoms with van der Waals surface area (Å²) in [6.07, 6.45) is 0. The Bertz CT molecular complexity index is 385. The SMILES string of the molecule is ClCc1cccc(-c2nn[nH]n2)c1. The van der Waals surface area contributed by atoms with Gasteiger partial charge in [-0.1, -0.05) is 18.2 Å². The fourth-order valence-electron chi connectivity index (χ4n) is 1.08. The highest BCUT2D eigenvalue weighted by molar-refractivity contribution is 6.17. The highest BCUT2D eigenvalue weighted by atomic mass is 35.5. The Morgan fingerprint density at radius 1 is 1.38 bits per heavy atom. The lowest BCUT2D eigenvalue weighted by molar-refractivity contribution is 0.881. The van der Waals surface area contributed by atoms with E-state index in [1.807, 2.05) is 24.3 Å². The molecule has 1 aromatic carbocycles.